The summed E-state index contributed by atoms with van der Waals surface area (Å²) in [6, 6.07) is 2.82. The third-order valence-electron chi connectivity index (χ3n) is 1.41. The third-order valence-corrected chi connectivity index (χ3v) is 1.41. The zero-order valence-electron chi connectivity index (χ0n) is 7.21. The van der Waals surface area contributed by atoms with Crippen LogP contribution in [0.3, 0.4) is 0 Å². The molecule has 0 saturated heterocycles. The van der Waals surface area contributed by atoms with Crippen LogP contribution < -0.4 is 10.5 Å². The van der Waals surface area contributed by atoms with Gasteiger partial charge in [-0.15, -0.1) is 0 Å². The van der Waals surface area contributed by atoms with Gasteiger partial charge in [0.2, 0.25) is 0 Å². The van der Waals surface area contributed by atoms with E-state index < -0.39 is 19.2 Å². The SMILES string of the molecule is Nc1cc(OCCC(F)(F)F)ccn1. The molecule has 0 saturated carbocycles. The molecule has 0 aliphatic carbocycles. The molecule has 1 heterocycles. The van der Waals surface area contributed by atoms with E-state index in [2.05, 4.69) is 4.98 Å². The maximum Gasteiger partial charge on any atom is 0.392 e. The van der Waals surface area contributed by atoms with Crippen molar-refractivity contribution in [2.45, 2.75) is 12.6 Å². The first-order valence-corrected chi connectivity index (χ1v) is 3.88. The van der Waals surface area contributed by atoms with E-state index in [9.17, 15) is 13.2 Å². The van der Waals surface area contributed by atoms with E-state index >= 15 is 0 Å². The smallest absolute Gasteiger partial charge is 0.392 e. The summed E-state index contributed by atoms with van der Waals surface area (Å²) in [7, 11) is 0. The zero-order valence-corrected chi connectivity index (χ0v) is 7.21. The molecule has 1 rings (SSSR count). The van der Waals surface area contributed by atoms with Crippen LogP contribution in [0.2, 0.25) is 0 Å². The number of nitrogen functional groups attached to an aromatic ring is 1. The standard InChI is InChI=1S/C8H9F3N2O/c9-8(10,11)2-4-14-6-1-3-13-7(12)5-6/h1,3,5H,2,4H2,(H2,12,13). The first kappa shape index (κ1) is 10.6. The molecule has 14 heavy (non-hydrogen) atoms. The number of ether oxygens (including phenoxy) is 1. The zero-order chi connectivity index (χ0) is 10.6. The molecule has 1 aromatic heterocycles. The molecule has 3 nitrogen and oxygen atoms in total. The van der Waals surface area contributed by atoms with Crippen LogP contribution in [0.15, 0.2) is 18.3 Å². The Morgan fingerprint density at radius 3 is 2.71 bits per heavy atom. The monoisotopic (exact) mass is 206 g/mol. The predicted octanol–water partition coefficient (Wildman–Crippen LogP) is 1.99. The van der Waals surface area contributed by atoms with Crippen LogP contribution in [-0.2, 0) is 0 Å². The molecule has 0 unspecified atom stereocenters. The Kier molecular flexibility index (Phi) is 3.16. The summed E-state index contributed by atoms with van der Waals surface area (Å²) in [5.41, 5.74) is 5.30. The van der Waals surface area contributed by atoms with Gasteiger partial charge in [0.1, 0.15) is 11.6 Å². The van der Waals surface area contributed by atoms with Gasteiger partial charge in [0.05, 0.1) is 13.0 Å². The van der Waals surface area contributed by atoms with Crippen molar-refractivity contribution >= 4 is 5.82 Å². The molecule has 0 aliphatic heterocycles. The van der Waals surface area contributed by atoms with E-state index in [1.807, 2.05) is 0 Å². The lowest BCUT2D eigenvalue weighted by Crippen LogP contribution is -2.13. The largest absolute Gasteiger partial charge is 0.493 e. The Morgan fingerprint density at radius 2 is 2.14 bits per heavy atom. The number of anilines is 1. The van der Waals surface area contributed by atoms with Gasteiger partial charge in [0, 0.05) is 12.3 Å². The quantitative estimate of drug-likeness (QED) is 0.822. The van der Waals surface area contributed by atoms with Gasteiger partial charge in [0.15, 0.2) is 0 Å². The Morgan fingerprint density at radius 1 is 1.43 bits per heavy atom. The van der Waals surface area contributed by atoms with Crippen molar-refractivity contribution in [3.05, 3.63) is 18.3 Å². The van der Waals surface area contributed by atoms with Gasteiger partial charge in [-0.1, -0.05) is 0 Å². The van der Waals surface area contributed by atoms with Crippen LogP contribution in [0.4, 0.5) is 19.0 Å². The number of hydrogen-bond acceptors (Lipinski definition) is 3. The molecular weight excluding hydrogens is 197 g/mol. The number of pyridine rings is 1. The van der Waals surface area contributed by atoms with Crippen molar-refractivity contribution in [1.82, 2.24) is 4.98 Å². The summed E-state index contributed by atoms with van der Waals surface area (Å²) >= 11 is 0. The number of nitrogens with two attached hydrogens (primary N) is 1. The van der Waals surface area contributed by atoms with Crippen molar-refractivity contribution in [3.63, 3.8) is 0 Å². The molecule has 0 aromatic carbocycles. The van der Waals surface area contributed by atoms with Crippen molar-refractivity contribution in [2.75, 3.05) is 12.3 Å². The van der Waals surface area contributed by atoms with Crippen LogP contribution in [0.1, 0.15) is 6.42 Å². The highest BCUT2D eigenvalue weighted by Crippen LogP contribution is 2.20. The Labute approximate surface area is 78.7 Å². The minimum absolute atomic E-state index is 0.217. The molecule has 1 aromatic rings. The lowest BCUT2D eigenvalue weighted by molar-refractivity contribution is -0.139. The molecule has 0 spiro atoms. The topological polar surface area (TPSA) is 48.1 Å². The van der Waals surface area contributed by atoms with E-state index in [0.717, 1.165) is 0 Å². The average molecular weight is 206 g/mol. The Hall–Kier alpha value is -1.46. The number of aromatic nitrogens is 1. The van der Waals surface area contributed by atoms with Gasteiger partial charge in [-0.3, -0.25) is 0 Å². The molecule has 0 radical (unpaired) electrons. The normalized spacial score (nSPS) is 11.4. The van der Waals surface area contributed by atoms with E-state index in [4.69, 9.17) is 10.5 Å². The average Bonchev–Trinajstić information content (AvgIpc) is 2.01. The Bertz CT molecular complexity index is 301. The van der Waals surface area contributed by atoms with Crippen LogP contribution >= 0.6 is 0 Å². The highest BCUT2D eigenvalue weighted by atomic mass is 19.4. The maximum absolute atomic E-state index is 11.7. The fourth-order valence-corrected chi connectivity index (χ4v) is 0.802. The molecule has 0 atom stereocenters. The number of hydrogen-bond donors (Lipinski definition) is 1. The first-order valence-electron chi connectivity index (χ1n) is 3.88. The first-order chi connectivity index (χ1) is 6.47. The summed E-state index contributed by atoms with van der Waals surface area (Å²) in [6.07, 6.45) is -3.80. The van der Waals surface area contributed by atoms with E-state index in [0.29, 0.717) is 5.75 Å². The highest BCUT2D eigenvalue weighted by molar-refractivity contribution is 5.35. The summed E-state index contributed by atoms with van der Waals surface area (Å²) in [5.74, 6) is 0.510. The minimum atomic E-state index is -4.20. The number of rotatable bonds is 3. The second-order valence-electron chi connectivity index (χ2n) is 2.63. The summed E-state index contributed by atoms with van der Waals surface area (Å²) in [5, 5.41) is 0. The van der Waals surface area contributed by atoms with E-state index in [1.54, 1.807) is 0 Å². The van der Waals surface area contributed by atoms with Crippen molar-refractivity contribution < 1.29 is 17.9 Å². The number of halogens is 3. The second kappa shape index (κ2) is 4.17. The van der Waals surface area contributed by atoms with Crippen molar-refractivity contribution in [3.8, 4) is 5.75 Å². The van der Waals surface area contributed by atoms with E-state index in [1.165, 1.54) is 18.3 Å². The summed E-state index contributed by atoms with van der Waals surface area (Å²) in [4.78, 5) is 3.67. The van der Waals surface area contributed by atoms with Crippen LogP contribution in [-0.4, -0.2) is 17.8 Å². The molecule has 78 valence electrons. The molecular formula is C8H9F3N2O. The van der Waals surface area contributed by atoms with Crippen molar-refractivity contribution in [1.29, 1.82) is 0 Å². The lowest BCUT2D eigenvalue weighted by Gasteiger charge is -2.08. The number of nitrogens with zero attached hydrogens (tertiary/aromatic N) is 1. The fraction of sp³-hybridized carbons (Fsp3) is 0.375. The van der Waals surface area contributed by atoms with Gasteiger partial charge in [-0.2, -0.15) is 13.2 Å². The molecule has 0 bridgehead atoms. The number of alkyl halides is 3. The van der Waals surface area contributed by atoms with Crippen LogP contribution in [0, 0.1) is 0 Å². The van der Waals surface area contributed by atoms with E-state index in [-0.39, 0.29) is 5.82 Å². The van der Waals surface area contributed by atoms with Crippen LogP contribution in [0.25, 0.3) is 0 Å². The van der Waals surface area contributed by atoms with Crippen LogP contribution in [0.5, 0.6) is 5.75 Å². The van der Waals surface area contributed by atoms with Gasteiger partial charge in [-0.25, -0.2) is 4.98 Å². The van der Waals surface area contributed by atoms with Gasteiger partial charge in [0.25, 0.3) is 0 Å². The van der Waals surface area contributed by atoms with Crippen molar-refractivity contribution in [2.24, 2.45) is 0 Å². The second-order valence-corrected chi connectivity index (χ2v) is 2.63. The predicted molar refractivity (Wildman–Crippen MR) is 44.8 cm³/mol. The lowest BCUT2D eigenvalue weighted by atomic mass is 10.4. The minimum Gasteiger partial charge on any atom is -0.493 e. The molecule has 0 fully saturated rings. The summed E-state index contributed by atoms with van der Waals surface area (Å²) in [6.45, 7) is -0.410. The molecule has 2 N–H and O–H groups in total. The highest BCUT2D eigenvalue weighted by Gasteiger charge is 2.26. The van der Waals surface area contributed by atoms with Gasteiger partial charge >= 0.3 is 6.18 Å². The van der Waals surface area contributed by atoms with Gasteiger partial charge < -0.3 is 10.5 Å². The fourth-order valence-electron chi connectivity index (χ4n) is 0.802. The maximum atomic E-state index is 11.7. The Balaban J connectivity index is 2.39. The molecule has 6 heteroatoms. The molecule has 0 aliphatic rings. The van der Waals surface area contributed by atoms with Gasteiger partial charge in [-0.05, 0) is 6.07 Å². The molecule has 0 amide bonds. The summed E-state index contributed by atoms with van der Waals surface area (Å²) < 4.78 is 40.0. The third kappa shape index (κ3) is 3.97.